The van der Waals surface area contributed by atoms with Gasteiger partial charge in [-0.15, -0.1) is 0 Å². The van der Waals surface area contributed by atoms with Gasteiger partial charge in [-0.2, -0.15) is 5.10 Å². The van der Waals surface area contributed by atoms with Gasteiger partial charge in [0, 0.05) is 7.05 Å². The van der Waals surface area contributed by atoms with Crippen molar-refractivity contribution in [1.82, 2.24) is 9.78 Å². The molecule has 4 nitrogen and oxygen atoms in total. The molecule has 1 aromatic heterocycles. The minimum Gasteiger partial charge on any atom is -0.461 e. The second kappa shape index (κ2) is 3.91. The van der Waals surface area contributed by atoms with Crippen LogP contribution in [0.2, 0.25) is 0 Å². The first-order valence-electron chi connectivity index (χ1n) is 3.94. The van der Waals surface area contributed by atoms with Crippen LogP contribution in [0.25, 0.3) is 0 Å². The fourth-order valence-electron chi connectivity index (χ4n) is 0.912. The Morgan fingerprint density at radius 3 is 2.69 bits per heavy atom. The van der Waals surface area contributed by atoms with Crippen LogP contribution in [-0.4, -0.2) is 22.4 Å². The van der Waals surface area contributed by atoms with Crippen LogP contribution in [0.4, 0.5) is 0 Å². The van der Waals surface area contributed by atoms with Gasteiger partial charge >= 0.3 is 5.97 Å². The highest BCUT2D eigenvalue weighted by Crippen LogP contribution is 2.20. The van der Waals surface area contributed by atoms with Crippen LogP contribution in [0.5, 0.6) is 0 Å². The number of carbonyl (C=O) groups is 1. The van der Waals surface area contributed by atoms with Gasteiger partial charge in [-0.05, 0) is 29.8 Å². The molecule has 5 heteroatoms. The second-order valence-corrected chi connectivity index (χ2v) is 3.39. The third-order valence-electron chi connectivity index (χ3n) is 1.73. The van der Waals surface area contributed by atoms with E-state index in [-0.39, 0.29) is 0 Å². The molecule has 0 N–H and O–H groups in total. The highest BCUT2D eigenvalue weighted by atomic mass is 79.9. The molecule has 0 fully saturated rings. The Kier molecular flexibility index (Phi) is 3.08. The topological polar surface area (TPSA) is 44.1 Å². The third-order valence-corrected chi connectivity index (χ3v) is 2.68. The monoisotopic (exact) mass is 246 g/mol. The van der Waals surface area contributed by atoms with E-state index in [1.807, 2.05) is 6.92 Å². The smallest absolute Gasteiger partial charge is 0.360 e. The summed E-state index contributed by atoms with van der Waals surface area (Å²) in [6.45, 7) is 4.00. The number of esters is 1. The van der Waals surface area contributed by atoms with Crippen molar-refractivity contribution in [2.45, 2.75) is 13.8 Å². The van der Waals surface area contributed by atoms with Crippen LogP contribution in [0.1, 0.15) is 23.1 Å². The lowest BCUT2D eigenvalue weighted by Gasteiger charge is -1.97. The minimum atomic E-state index is -0.391. The molecule has 72 valence electrons. The van der Waals surface area contributed by atoms with Gasteiger partial charge in [0.05, 0.1) is 16.8 Å². The summed E-state index contributed by atoms with van der Waals surface area (Å²) in [4.78, 5) is 11.3. The number of carbonyl (C=O) groups excluding carboxylic acids is 1. The van der Waals surface area contributed by atoms with Gasteiger partial charge < -0.3 is 4.74 Å². The van der Waals surface area contributed by atoms with Crippen LogP contribution in [0, 0.1) is 6.92 Å². The number of hydrogen-bond donors (Lipinski definition) is 0. The highest BCUT2D eigenvalue weighted by Gasteiger charge is 2.18. The quantitative estimate of drug-likeness (QED) is 0.746. The summed E-state index contributed by atoms with van der Waals surface area (Å²) in [5.74, 6) is -0.391. The Bertz CT molecular complexity index is 333. The van der Waals surface area contributed by atoms with E-state index in [9.17, 15) is 4.79 Å². The zero-order valence-electron chi connectivity index (χ0n) is 7.80. The van der Waals surface area contributed by atoms with Crippen molar-refractivity contribution in [1.29, 1.82) is 0 Å². The maximum Gasteiger partial charge on any atom is 0.360 e. The summed E-state index contributed by atoms with van der Waals surface area (Å²) in [7, 11) is 1.78. The summed E-state index contributed by atoms with van der Waals surface area (Å²) < 4.78 is 7.17. The molecule has 0 bridgehead atoms. The summed E-state index contributed by atoms with van der Waals surface area (Å²) >= 11 is 3.29. The Hall–Kier alpha value is -0.840. The second-order valence-electron chi connectivity index (χ2n) is 2.59. The van der Waals surface area contributed by atoms with E-state index in [2.05, 4.69) is 21.0 Å². The summed E-state index contributed by atoms with van der Waals surface area (Å²) in [6.07, 6.45) is 0. The number of nitrogens with zero attached hydrogens (tertiary/aromatic N) is 2. The van der Waals surface area contributed by atoms with Gasteiger partial charge in [-0.3, -0.25) is 4.68 Å². The van der Waals surface area contributed by atoms with Gasteiger partial charge in [-0.1, -0.05) is 0 Å². The van der Waals surface area contributed by atoms with Crippen LogP contribution in [0.3, 0.4) is 0 Å². The maximum atomic E-state index is 11.3. The molecule has 1 aromatic rings. The van der Waals surface area contributed by atoms with E-state index < -0.39 is 5.97 Å². The number of hydrogen-bond acceptors (Lipinski definition) is 3. The number of halogens is 1. The fraction of sp³-hybridized carbons (Fsp3) is 0.500. The summed E-state index contributed by atoms with van der Waals surface area (Å²) in [5, 5.41) is 4.02. The lowest BCUT2D eigenvalue weighted by atomic mass is 10.4. The molecule has 1 heterocycles. The number of ether oxygens (including phenoxy) is 1. The summed E-state index contributed by atoms with van der Waals surface area (Å²) in [5.41, 5.74) is 1.24. The third kappa shape index (κ3) is 1.91. The number of aromatic nitrogens is 2. The predicted octanol–water partition coefficient (Wildman–Crippen LogP) is 1.67. The molecule has 0 saturated carbocycles. The molecule has 0 atom stereocenters. The standard InChI is InChI=1S/C8H11BrN2O2/c1-4-13-8(12)7-6(9)5(2)11(3)10-7/h4H2,1-3H3. The van der Waals surface area contributed by atoms with E-state index in [4.69, 9.17) is 4.74 Å². The molecular weight excluding hydrogens is 236 g/mol. The average molecular weight is 247 g/mol. The average Bonchev–Trinajstić information content (AvgIpc) is 2.33. The Labute approximate surface area is 85.0 Å². The molecule has 0 unspecified atom stereocenters. The lowest BCUT2D eigenvalue weighted by molar-refractivity contribution is 0.0517. The predicted molar refractivity (Wildman–Crippen MR) is 51.6 cm³/mol. The van der Waals surface area contributed by atoms with Crippen molar-refractivity contribution in [3.8, 4) is 0 Å². The largest absolute Gasteiger partial charge is 0.461 e. The first-order chi connectivity index (χ1) is 6.07. The van der Waals surface area contributed by atoms with Crippen LogP contribution in [0.15, 0.2) is 4.47 Å². The summed E-state index contributed by atoms with van der Waals surface area (Å²) in [6, 6.07) is 0. The van der Waals surface area contributed by atoms with Gasteiger partial charge in [0.1, 0.15) is 0 Å². The first-order valence-corrected chi connectivity index (χ1v) is 4.73. The zero-order valence-corrected chi connectivity index (χ0v) is 9.38. The molecule has 0 spiro atoms. The van der Waals surface area contributed by atoms with E-state index in [1.54, 1.807) is 18.7 Å². The normalized spacial score (nSPS) is 10.2. The molecule has 0 amide bonds. The minimum absolute atomic E-state index is 0.335. The number of aryl methyl sites for hydroxylation is 1. The zero-order chi connectivity index (χ0) is 10.0. The molecule has 13 heavy (non-hydrogen) atoms. The Balaban J connectivity index is 3.01. The molecule has 0 aliphatic heterocycles. The van der Waals surface area contributed by atoms with E-state index in [1.165, 1.54) is 0 Å². The fourth-order valence-corrected chi connectivity index (χ4v) is 1.41. The van der Waals surface area contributed by atoms with Crippen molar-refractivity contribution < 1.29 is 9.53 Å². The Morgan fingerprint density at radius 1 is 1.69 bits per heavy atom. The van der Waals surface area contributed by atoms with Crippen molar-refractivity contribution >= 4 is 21.9 Å². The van der Waals surface area contributed by atoms with Crippen molar-refractivity contribution in [2.24, 2.45) is 7.05 Å². The molecule has 0 aliphatic carbocycles. The van der Waals surface area contributed by atoms with E-state index >= 15 is 0 Å². The van der Waals surface area contributed by atoms with Gasteiger partial charge in [0.15, 0.2) is 5.69 Å². The SMILES string of the molecule is CCOC(=O)c1nn(C)c(C)c1Br. The highest BCUT2D eigenvalue weighted by molar-refractivity contribution is 9.10. The van der Waals surface area contributed by atoms with Crippen LogP contribution >= 0.6 is 15.9 Å². The van der Waals surface area contributed by atoms with Crippen LogP contribution in [-0.2, 0) is 11.8 Å². The number of rotatable bonds is 2. The van der Waals surface area contributed by atoms with Crippen molar-refractivity contribution in [2.75, 3.05) is 6.61 Å². The van der Waals surface area contributed by atoms with Gasteiger partial charge in [0.25, 0.3) is 0 Å². The van der Waals surface area contributed by atoms with E-state index in [0.29, 0.717) is 16.8 Å². The van der Waals surface area contributed by atoms with Crippen LogP contribution < -0.4 is 0 Å². The molecule has 0 aliphatic rings. The van der Waals surface area contributed by atoms with Gasteiger partial charge in [0.2, 0.25) is 0 Å². The molecule has 0 saturated heterocycles. The van der Waals surface area contributed by atoms with E-state index in [0.717, 1.165) is 5.69 Å². The molecule has 0 aromatic carbocycles. The Morgan fingerprint density at radius 2 is 2.31 bits per heavy atom. The molecular formula is C8H11BrN2O2. The molecule has 1 rings (SSSR count). The van der Waals surface area contributed by atoms with Crippen molar-refractivity contribution in [3.05, 3.63) is 15.9 Å². The van der Waals surface area contributed by atoms with Crippen molar-refractivity contribution in [3.63, 3.8) is 0 Å². The first kappa shape index (κ1) is 10.2. The van der Waals surface area contributed by atoms with Gasteiger partial charge in [-0.25, -0.2) is 4.79 Å². The molecule has 0 radical (unpaired) electrons. The maximum absolute atomic E-state index is 11.3. The lowest BCUT2D eigenvalue weighted by Crippen LogP contribution is -2.06.